The van der Waals surface area contributed by atoms with E-state index in [4.69, 9.17) is 0 Å². The molecule has 0 aromatic heterocycles. The number of rotatable bonds is 1. The molecule has 3 nitrogen and oxygen atoms in total. The first-order chi connectivity index (χ1) is 3.72. The number of hydrogen-bond acceptors (Lipinski definition) is 2. The van der Waals surface area contributed by atoms with Crippen molar-refractivity contribution < 1.29 is 4.79 Å². The van der Waals surface area contributed by atoms with Gasteiger partial charge < -0.3 is 0 Å². The third-order valence-electron chi connectivity index (χ3n) is 1.30. The maximum absolute atomic E-state index is 10.5. The molecule has 3 heteroatoms. The molecule has 0 bridgehead atoms. The lowest BCUT2D eigenvalue weighted by Gasteiger charge is -2.30. The Bertz CT molecular complexity index is 111. The van der Waals surface area contributed by atoms with Gasteiger partial charge in [0.1, 0.15) is 6.04 Å². The fraction of sp³-hybridized carbons (Fsp3) is 0.800. The van der Waals surface area contributed by atoms with E-state index in [1.165, 1.54) is 0 Å². The molecule has 0 aromatic rings. The zero-order chi connectivity index (χ0) is 6.15. The first-order valence-electron chi connectivity index (χ1n) is 2.77. The van der Waals surface area contributed by atoms with E-state index in [1.54, 1.807) is 0 Å². The van der Waals surface area contributed by atoms with E-state index in [-0.39, 0.29) is 11.9 Å². The Hall–Kier alpha value is -0.570. The lowest BCUT2D eigenvalue weighted by Crippen LogP contribution is -2.66. The highest BCUT2D eigenvalue weighted by Gasteiger charge is 2.29. The van der Waals surface area contributed by atoms with Crippen LogP contribution >= 0.6 is 0 Å². The maximum atomic E-state index is 10.5. The molecule has 0 aromatic carbocycles. The summed E-state index contributed by atoms with van der Waals surface area (Å²) >= 11 is 0. The van der Waals surface area contributed by atoms with Crippen molar-refractivity contribution in [1.29, 1.82) is 0 Å². The van der Waals surface area contributed by atoms with Crippen LogP contribution in [-0.2, 0) is 4.79 Å². The number of hydrazine groups is 1. The van der Waals surface area contributed by atoms with Crippen LogP contribution in [0.25, 0.3) is 0 Å². The molecule has 1 heterocycles. The highest BCUT2D eigenvalue weighted by atomic mass is 16.2. The Labute approximate surface area is 48.4 Å². The van der Waals surface area contributed by atoms with Gasteiger partial charge in [-0.2, -0.15) is 0 Å². The Morgan fingerprint density at radius 3 is 2.25 bits per heavy atom. The summed E-state index contributed by atoms with van der Waals surface area (Å²) in [6, 6.07) is 0.0509. The van der Waals surface area contributed by atoms with Crippen LogP contribution in [-0.4, -0.2) is 11.9 Å². The molecule has 0 spiro atoms. The topological polar surface area (TPSA) is 41.1 Å². The quantitative estimate of drug-likeness (QED) is 0.489. The summed E-state index contributed by atoms with van der Waals surface area (Å²) in [6.45, 7) is 4.02. The van der Waals surface area contributed by atoms with Crippen molar-refractivity contribution in [3.8, 4) is 0 Å². The van der Waals surface area contributed by atoms with Crippen LogP contribution in [0.3, 0.4) is 0 Å². The SMILES string of the molecule is CC(C)C1NNC1=O. The van der Waals surface area contributed by atoms with Crippen molar-refractivity contribution in [3.63, 3.8) is 0 Å². The minimum absolute atomic E-state index is 0.0509. The van der Waals surface area contributed by atoms with Crippen LogP contribution in [0.15, 0.2) is 0 Å². The lowest BCUT2D eigenvalue weighted by molar-refractivity contribution is -0.133. The molecule has 0 aliphatic carbocycles. The molecule has 1 amide bonds. The van der Waals surface area contributed by atoms with Gasteiger partial charge in [0.2, 0.25) is 0 Å². The number of hydrogen-bond donors (Lipinski definition) is 2. The highest BCUT2D eigenvalue weighted by Crippen LogP contribution is 2.04. The fourth-order valence-electron chi connectivity index (χ4n) is 0.684. The molecule has 1 aliphatic heterocycles. The molecule has 8 heavy (non-hydrogen) atoms. The van der Waals surface area contributed by atoms with Crippen LogP contribution in [0.4, 0.5) is 0 Å². The molecule has 2 N–H and O–H groups in total. The summed E-state index contributed by atoms with van der Waals surface area (Å²) in [5.74, 6) is 0.517. The van der Waals surface area contributed by atoms with Gasteiger partial charge in [0.05, 0.1) is 0 Å². The first kappa shape index (κ1) is 5.56. The predicted molar refractivity (Wildman–Crippen MR) is 29.9 cm³/mol. The van der Waals surface area contributed by atoms with Gasteiger partial charge in [-0.1, -0.05) is 13.8 Å². The van der Waals surface area contributed by atoms with Gasteiger partial charge in [0, 0.05) is 0 Å². The van der Waals surface area contributed by atoms with E-state index >= 15 is 0 Å². The van der Waals surface area contributed by atoms with Gasteiger partial charge in [-0.15, -0.1) is 0 Å². The summed E-state index contributed by atoms with van der Waals surface area (Å²) in [6.07, 6.45) is 0. The summed E-state index contributed by atoms with van der Waals surface area (Å²) in [5, 5.41) is 0. The smallest absolute Gasteiger partial charge is 0.253 e. The van der Waals surface area contributed by atoms with Crippen molar-refractivity contribution in [2.75, 3.05) is 0 Å². The molecule has 46 valence electrons. The number of carbonyl (C=O) groups is 1. The van der Waals surface area contributed by atoms with Gasteiger partial charge in [-0.3, -0.25) is 10.2 Å². The highest BCUT2D eigenvalue weighted by molar-refractivity contribution is 5.86. The third kappa shape index (κ3) is 0.690. The molecule has 1 atom stereocenters. The molecule has 1 rings (SSSR count). The molecule has 1 unspecified atom stereocenters. The molecule has 1 aliphatic rings. The summed E-state index contributed by atoms with van der Waals surface area (Å²) in [5.41, 5.74) is 5.25. The van der Waals surface area contributed by atoms with E-state index in [2.05, 4.69) is 10.9 Å². The third-order valence-corrected chi connectivity index (χ3v) is 1.30. The second-order valence-corrected chi connectivity index (χ2v) is 2.36. The number of carbonyl (C=O) groups excluding carboxylic acids is 1. The minimum atomic E-state index is 0.0509. The fourth-order valence-corrected chi connectivity index (χ4v) is 0.684. The largest absolute Gasteiger partial charge is 0.289 e. The van der Waals surface area contributed by atoms with Gasteiger partial charge in [-0.05, 0) is 5.92 Å². The van der Waals surface area contributed by atoms with Crippen molar-refractivity contribution in [3.05, 3.63) is 0 Å². The van der Waals surface area contributed by atoms with Gasteiger partial charge in [0.25, 0.3) is 5.91 Å². The Balaban J connectivity index is 2.37. The van der Waals surface area contributed by atoms with Crippen LogP contribution in [0.5, 0.6) is 0 Å². The van der Waals surface area contributed by atoms with E-state index in [0.29, 0.717) is 5.92 Å². The molecular formula is C5H10N2O. The van der Waals surface area contributed by atoms with E-state index in [9.17, 15) is 4.79 Å². The number of nitrogens with one attached hydrogen (secondary N) is 2. The zero-order valence-electron chi connectivity index (χ0n) is 5.06. The zero-order valence-corrected chi connectivity index (χ0v) is 5.06. The normalized spacial score (nSPS) is 27.4. The van der Waals surface area contributed by atoms with Crippen LogP contribution in [0, 0.1) is 5.92 Å². The monoisotopic (exact) mass is 114 g/mol. The average Bonchev–Trinajstić information content (AvgIpc) is 1.61. The van der Waals surface area contributed by atoms with Crippen LogP contribution < -0.4 is 10.9 Å². The van der Waals surface area contributed by atoms with Gasteiger partial charge in [-0.25, -0.2) is 5.43 Å². The molecule has 0 saturated carbocycles. The average molecular weight is 114 g/mol. The summed E-state index contributed by atoms with van der Waals surface area (Å²) < 4.78 is 0. The standard InChI is InChI=1S/C5H10N2O/c1-3(2)4-5(8)7-6-4/h3-4,6H,1-2H3,(H,7,8). The lowest BCUT2D eigenvalue weighted by atomic mass is 10.0. The van der Waals surface area contributed by atoms with Crippen LogP contribution in [0.2, 0.25) is 0 Å². The predicted octanol–water partition coefficient (Wildman–Crippen LogP) is -0.355. The Morgan fingerprint density at radius 2 is 2.25 bits per heavy atom. The van der Waals surface area contributed by atoms with Crippen molar-refractivity contribution >= 4 is 5.91 Å². The summed E-state index contributed by atoms with van der Waals surface area (Å²) in [4.78, 5) is 10.5. The van der Waals surface area contributed by atoms with Crippen molar-refractivity contribution in [2.24, 2.45) is 5.92 Å². The van der Waals surface area contributed by atoms with Crippen molar-refractivity contribution in [1.82, 2.24) is 10.9 Å². The Kier molecular flexibility index (Phi) is 1.21. The van der Waals surface area contributed by atoms with Gasteiger partial charge >= 0.3 is 0 Å². The maximum Gasteiger partial charge on any atom is 0.253 e. The number of amides is 1. The molecular weight excluding hydrogens is 104 g/mol. The van der Waals surface area contributed by atoms with E-state index in [0.717, 1.165) is 0 Å². The second kappa shape index (κ2) is 1.74. The molecule has 1 saturated heterocycles. The molecule has 1 fully saturated rings. The van der Waals surface area contributed by atoms with Crippen LogP contribution in [0.1, 0.15) is 13.8 Å². The minimum Gasteiger partial charge on any atom is -0.289 e. The van der Waals surface area contributed by atoms with E-state index in [1.807, 2.05) is 13.8 Å². The second-order valence-electron chi connectivity index (χ2n) is 2.36. The van der Waals surface area contributed by atoms with E-state index < -0.39 is 0 Å². The molecule has 0 radical (unpaired) electrons. The first-order valence-corrected chi connectivity index (χ1v) is 2.77. The van der Waals surface area contributed by atoms with Crippen molar-refractivity contribution in [2.45, 2.75) is 19.9 Å². The summed E-state index contributed by atoms with van der Waals surface area (Å²) in [7, 11) is 0. The Morgan fingerprint density at radius 1 is 1.62 bits per heavy atom. The van der Waals surface area contributed by atoms with Gasteiger partial charge in [0.15, 0.2) is 0 Å².